The van der Waals surface area contributed by atoms with Gasteiger partial charge in [0.2, 0.25) is 5.91 Å². The Hall–Kier alpha value is -1.49. The molecular formula is C18H24F2N2O. The predicted octanol–water partition coefficient (Wildman–Crippen LogP) is 3.45. The van der Waals surface area contributed by atoms with Crippen molar-refractivity contribution in [1.29, 1.82) is 0 Å². The third kappa shape index (κ3) is 4.28. The van der Waals surface area contributed by atoms with Gasteiger partial charge in [0, 0.05) is 12.6 Å². The van der Waals surface area contributed by atoms with Gasteiger partial charge in [-0.3, -0.25) is 4.79 Å². The number of amides is 1. The van der Waals surface area contributed by atoms with Crippen LogP contribution >= 0.6 is 0 Å². The van der Waals surface area contributed by atoms with Gasteiger partial charge in [-0.05, 0) is 30.0 Å². The molecule has 0 bridgehead atoms. The largest absolute Gasteiger partial charge is 0.347 e. The second-order valence-corrected chi connectivity index (χ2v) is 6.82. The Labute approximate surface area is 135 Å². The number of hydrogen-bond donors (Lipinski definition) is 2. The minimum atomic E-state index is -0.616. The van der Waals surface area contributed by atoms with Crippen LogP contribution in [-0.4, -0.2) is 18.5 Å². The minimum Gasteiger partial charge on any atom is -0.347 e. The van der Waals surface area contributed by atoms with Crippen LogP contribution in [0.4, 0.5) is 8.78 Å². The molecule has 126 valence electrons. The van der Waals surface area contributed by atoms with E-state index in [1.807, 2.05) is 0 Å². The number of carbonyl (C=O) groups is 1. The van der Waals surface area contributed by atoms with E-state index in [2.05, 4.69) is 10.6 Å². The van der Waals surface area contributed by atoms with Crippen molar-refractivity contribution in [2.24, 2.45) is 5.92 Å². The molecule has 2 aliphatic rings. The first-order chi connectivity index (χ1) is 11.1. The number of nitrogens with one attached hydrogen (secondary N) is 2. The smallest absolute Gasteiger partial charge is 0.237 e. The van der Waals surface area contributed by atoms with Crippen LogP contribution in [0.25, 0.3) is 0 Å². The van der Waals surface area contributed by atoms with Crippen molar-refractivity contribution in [3.63, 3.8) is 0 Å². The Morgan fingerprint density at radius 3 is 2.26 bits per heavy atom. The zero-order chi connectivity index (χ0) is 16.2. The molecular weight excluding hydrogens is 298 g/mol. The minimum absolute atomic E-state index is 0.0600. The van der Waals surface area contributed by atoms with Crippen molar-refractivity contribution in [3.05, 3.63) is 35.4 Å². The molecule has 23 heavy (non-hydrogen) atoms. The van der Waals surface area contributed by atoms with Crippen molar-refractivity contribution < 1.29 is 13.6 Å². The van der Waals surface area contributed by atoms with Gasteiger partial charge in [0.1, 0.15) is 11.6 Å². The fourth-order valence-electron chi connectivity index (χ4n) is 3.78. The average molecular weight is 322 g/mol. The van der Waals surface area contributed by atoms with Gasteiger partial charge in [0.25, 0.3) is 0 Å². The SMILES string of the molecule is O=C1NC(c2cc(F)cc(F)c2)CN[C@H]1CC1CCCCCC1. The molecule has 1 heterocycles. The third-order valence-corrected chi connectivity index (χ3v) is 5.03. The van der Waals surface area contributed by atoms with Crippen LogP contribution in [-0.2, 0) is 4.79 Å². The Morgan fingerprint density at radius 2 is 1.65 bits per heavy atom. The summed E-state index contributed by atoms with van der Waals surface area (Å²) in [7, 11) is 0. The molecule has 2 fully saturated rings. The van der Waals surface area contributed by atoms with E-state index in [1.54, 1.807) is 0 Å². The molecule has 1 amide bonds. The number of piperazine rings is 1. The normalized spacial score (nSPS) is 26.6. The first kappa shape index (κ1) is 16.4. The van der Waals surface area contributed by atoms with Crippen molar-refractivity contribution in [2.75, 3.05) is 6.54 Å². The molecule has 3 rings (SSSR count). The Balaban J connectivity index is 1.59. The van der Waals surface area contributed by atoms with E-state index in [1.165, 1.54) is 50.7 Å². The molecule has 1 unspecified atom stereocenters. The summed E-state index contributed by atoms with van der Waals surface area (Å²) in [5.41, 5.74) is 0.469. The first-order valence-electron chi connectivity index (χ1n) is 8.61. The zero-order valence-corrected chi connectivity index (χ0v) is 13.3. The quantitative estimate of drug-likeness (QED) is 0.837. The van der Waals surface area contributed by atoms with E-state index in [0.29, 0.717) is 18.0 Å². The van der Waals surface area contributed by atoms with E-state index in [9.17, 15) is 13.6 Å². The van der Waals surface area contributed by atoms with Crippen molar-refractivity contribution >= 4 is 5.91 Å². The van der Waals surface area contributed by atoms with Crippen LogP contribution in [0.5, 0.6) is 0 Å². The van der Waals surface area contributed by atoms with Gasteiger partial charge in [-0.15, -0.1) is 0 Å². The highest BCUT2D eigenvalue weighted by atomic mass is 19.1. The molecule has 1 aliphatic carbocycles. The lowest BCUT2D eigenvalue weighted by Gasteiger charge is -2.32. The fourth-order valence-corrected chi connectivity index (χ4v) is 3.78. The Bertz CT molecular complexity index is 536. The highest BCUT2D eigenvalue weighted by Gasteiger charge is 2.30. The summed E-state index contributed by atoms with van der Waals surface area (Å²) in [5.74, 6) is -0.691. The number of rotatable bonds is 3. The molecule has 5 heteroatoms. The van der Waals surface area contributed by atoms with Crippen LogP contribution in [0.15, 0.2) is 18.2 Å². The number of hydrogen-bond acceptors (Lipinski definition) is 2. The van der Waals surface area contributed by atoms with Crippen LogP contribution in [0.1, 0.15) is 56.6 Å². The van der Waals surface area contributed by atoms with Crippen LogP contribution in [0, 0.1) is 17.6 Å². The number of carbonyl (C=O) groups excluding carboxylic acids is 1. The average Bonchev–Trinajstić information content (AvgIpc) is 2.77. The lowest BCUT2D eigenvalue weighted by atomic mass is 9.90. The monoisotopic (exact) mass is 322 g/mol. The number of halogens is 2. The van der Waals surface area contributed by atoms with Gasteiger partial charge in [-0.25, -0.2) is 8.78 Å². The van der Waals surface area contributed by atoms with Crippen LogP contribution in [0.2, 0.25) is 0 Å². The second kappa shape index (κ2) is 7.39. The number of benzene rings is 1. The molecule has 1 aromatic rings. The van der Waals surface area contributed by atoms with Gasteiger partial charge >= 0.3 is 0 Å². The Morgan fingerprint density at radius 1 is 1.00 bits per heavy atom. The Kier molecular flexibility index (Phi) is 5.26. The summed E-state index contributed by atoms with van der Waals surface area (Å²) in [6, 6.07) is 2.84. The van der Waals surface area contributed by atoms with Gasteiger partial charge in [-0.2, -0.15) is 0 Å². The van der Waals surface area contributed by atoms with Crippen molar-refractivity contribution in [3.8, 4) is 0 Å². The molecule has 0 aromatic heterocycles. The van der Waals surface area contributed by atoms with Gasteiger partial charge in [0.15, 0.2) is 0 Å². The molecule has 2 N–H and O–H groups in total. The summed E-state index contributed by atoms with van der Waals surface area (Å²) >= 11 is 0. The predicted molar refractivity (Wildman–Crippen MR) is 84.8 cm³/mol. The second-order valence-electron chi connectivity index (χ2n) is 6.82. The third-order valence-electron chi connectivity index (χ3n) is 5.03. The van der Waals surface area contributed by atoms with E-state index in [4.69, 9.17) is 0 Å². The molecule has 3 nitrogen and oxygen atoms in total. The standard InChI is InChI=1S/C18H24F2N2O/c19-14-8-13(9-15(20)10-14)17-11-21-16(18(23)22-17)7-12-5-3-1-2-4-6-12/h8-10,12,16-17,21H,1-7,11H2,(H,22,23)/t16-,17?/m0/s1. The molecule has 0 spiro atoms. The van der Waals surface area contributed by atoms with Gasteiger partial charge < -0.3 is 10.6 Å². The summed E-state index contributed by atoms with van der Waals surface area (Å²) in [6.07, 6.45) is 8.36. The van der Waals surface area contributed by atoms with E-state index >= 15 is 0 Å². The molecule has 1 aliphatic heterocycles. The van der Waals surface area contributed by atoms with Gasteiger partial charge in [-0.1, -0.05) is 38.5 Å². The van der Waals surface area contributed by atoms with Crippen LogP contribution < -0.4 is 10.6 Å². The highest BCUT2D eigenvalue weighted by molar-refractivity contribution is 5.83. The topological polar surface area (TPSA) is 41.1 Å². The van der Waals surface area contributed by atoms with Gasteiger partial charge in [0.05, 0.1) is 12.1 Å². The molecule has 1 saturated heterocycles. The molecule has 0 radical (unpaired) electrons. The maximum absolute atomic E-state index is 13.3. The van der Waals surface area contributed by atoms with E-state index in [-0.39, 0.29) is 18.0 Å². The molecule has 1 saturated carbocycles. The van der Waals surface area contributed by atoms with Crippen molar-refractivity contribution in [2.45, 2.75) is 57.0 Å². The maximum Gasteiger partial charge on any atom is 0.237 e. The zero-order valence-electron chi connectivity index (χ0n) is 13.3. The molecule has 2 atom stereocenters. The summed E-state index contributed by atoms with van der Waals surface area (Å²) in [5, 5.41) is 6.17. The maximum atomic E-state index is 13.3. The summed E-state index contributed by atoms with van der Waals surface area (Å²) in [6.45, 7) is 0.506. The summed E-state index contributed by atoms with van der Waals surface area (Å²) < 4.78 is 26.7. The van der Waals surface area contributed by atoms with E-state index < -0.39 is 11.6 Å². The highest BCUT2D eigenvalue weighted by Crippen LogP contribution is 2.28. The summed E-state index contributed by atoms with van der Waals surface area (Å²) in [4.78, 5) is 12.3. The van der Waals surface area contributed by atoms with Crippen LogP contribution in [0.3, 0.4) is 0 Å². The van der Waals surface area contributed by atoms with E-state index in [0.717, 1.165) is 12.5 Å². The first-order valence-corrected chi connectivity index (χ1v) is 8.61. The lowest BCUT2D eigenvalue weighted by Crippen LogP contribution is -2.54. The fraction of sp³-hybridized carbons (Fsp3) is 0.611. The molecule has 1 aromatic carbocycles. The lowest BCUT2D eigenvalue weighted by molar-refractivity contribution is -0.126. The van der Waals surface area contributed by atoms with Crippen molar-refractivity contribution in [1.82, 2.24) is 10.6 Å².